The fraction of sp³-hybridized carbons (Fsp3) is 0.933. The summed E-state index contributed by atoms with van der Waals surface area (Å²) < 4.78 is 0. The molecule has 0 spiro atoms. The van der Waals surface area contributed by atoms with E-state index >= 15 is 0 Å². The number of hydrogen-bond donors (Lipinski definition) is 1. The Kier molecular flexibility index (Phi) is 3.60. The lowest BCUT2D eigenvalue weighted by Gasteiger charge is -2.32. The van der Waals surface area contributed by atoms with Crippen LogP contribution in [0.1, 0.15) is 57.8 Å². The largest absolute Gasteiger partial charge is 0.480 e. The second-order valence-corrected chi connectivity index (χ2v) is 6.48. The number of carboxylic acid groups (broad SMARTS) is 1. The molecule has 18 heavy (non-hydrogen) atoms. The van der Waals surface area contributed by atoms with E-state index in [4.69, 9.17) is 0 Å². The highest BCUT2D eigenvalue weighted by Gasteiger charge is 2.49. The normalized spacial score (nSPS) is 38.6. The molecule has 3 heteroatoms. The van der Waals surface area contributed by atoms with E-state index in [0.29, 0.717) is 17.9 Å². The van der Waals surface area contributed by atoms with Gasteiger partial charge < -0.3 is 5.11 Å². The summed E-state index contributed by atoms with van der Waals surface area (Å²) >= 11 is 0. The van der Waals surface area contributed by atoms with E-state index in [1.54, 1.807) is 0 Å². The van der Waals surface area contributed by atoms with Crippen LogP contribution in [0.25, 0.3) is 0 Å². The molecule has 0 aromatic carbocycles. The van der Waals surface area contributed by atoms with Crippen molar-refractivity contribution in [2.24, 2.45) is 11.8 Å². The van der Waals surface area contributed by atoms with Gasteiger partial charge in [0.25, 0.3) is 0 Å². The highest BCUT2D eigenvalue weighted by Crippen LogP contribution is 2.44. The van der Waals surface area contributed by atoms with Gasteiger partial charge in [0.05, 0.1) is 0 Å². The number of nitrogens with zero attached hydrogens (tertiary/aromatic N) is 1. The van der Waals surface area contributed by atoms with E-state index < -0.39 is 5.97 Å². The van der Waals surface area contributed by atoms with Crippen molar-refractivity contribution in [1.29, 1.82) is 0 Å². The van der Waals surface area contributed by atoms with E-state index in [1.807, 2.05) is 0 Å². The van der Waals surface area contributed by atoms with E-state index in [9.17, 15) is 9.90 Å². The van der Waals surface area contributed by atoms with Crippen molar-refractivity contribution in [3.63, 3.8) is 0 Å². The van der Waals surface area contributed by atoms with Gasteiger partial charge in [-0.1, -0.05) is 32.1 Å². The van der Waals surface area contributed by atoms with Crippen LogP contribution < -0.4 is 0 Å². The zero-order valence-electron chi connectivity index (χ0n) is 11.2. The summed E-state index contributed by atoms with van der Waals surface area (Å²) in [4.78, 5) is 14.0. The molecule has 2 saturated carbocycles. The summed E-state index contributed by atoms with van der Waals surface area (Å²) in [6.07, 6.45) is 11.4. The summed E-state index contributed by atoms with van der Waals surface area (Å²) in [6.45, 7) is 1.06. The standard InChI is InChI=1S/C15H25NO2/c17-15(18)14-13-9-5-6-11(13)10-16(14)12-7-3-1-2-4-8-12/h11-14H,1-10H2,(H,17,18). The molecule has 0 radical (unpaired) electrons. The van der Waals surface area contributed by atoms with Crippen molar-refractivity contribution in [3.8, 4) is 0 Å². The monoisotopic (exact) mass is 251 g/mol. The predicted octanol–water partition coefficient (Wildman–Crippen LogP) is 2.89. The number of carbonyl (C=O) groups is 1. The lowest BCUT2D eigenvalue weighted by atomic mass is 9.94. The summed E-state index contributed by atoms with van der Waals surface area (Å²) in [5.74, 6) is 0.564. The zero-order valence-corrected chi connectivity index (χ0v) is 11.2. The van der Waals surface area contributed by atoms with Gasteiger partial charge in [0.15, 0.2) is 0 Å². The second kappa shape index (κ2) is 5.20. The van der Waals surface area contributed by atoms with Crippen LogP contribution in [0, 0.1) is 11.8 Å². The molecule has 3 unspecified atom stereocenters. The smallest absolute Gasteiger partial charge is 0.321 e. The summed E-state index contributed by atoms with van der Waals surface area (Å²) in [6, 6.07) is 0.389. The van der Waals surface area contributed by atoms with E-state index in [-0.39, 0.29) is 6.04 Å². The topological polar surface area (TPSA) is 40.5 Å². The maximum absolute atomic E-state index is 11.6. The minimum absolute atomic E-state index is 0.166. The maximum atomic E-state index is 11.6. The molecule has 0 aromatic rings. The van der Waals surface area contributed by atoms with Crippen LogP contribution in [0.2, 0.25) is 0 Å². The molecule has 3 aliphatic rings. The Balaban J connectivity index is 1.75. The van der Waals surface area contributed by atoms with Crippen LogP contribution in [0.15, 0.2) is 0 Å². The van der Waals surface area contributed by atoms with E-state index in [1.165, 1.54) is 51.4 Å². The molecule has 1 N–H and O–H groups in total. The molecule has 0 amide bonds. The van der Waals surface area contributed by atoms with Crippen molar-refractivity contribution in [3.05, 3.63) is 0 Å². The van der Waals surface area contributed by atoms with Crippen molar-refractivity contribution in [2.75, 3.05) is 6.54 Å². The highest BCUT2D eigenvalue weighted by molar-refractivity contribution is 5.74. The Labute approximate surface area is 110 Å². The zero-order chi connectivity index (χ0) is 12.5. The van der Waals surface area contributed by atoms with Crippen LogP contribution in [0.3, 0.4) is 0 Å². The molecule has 1 saturated heterocycles. The molecule has 3 atom stereocenters. The first-order valence-electron chi connectivity index (χ1n) is 7.76. The summed E-state index contributed by atoms with van der Waals surface area (Å²) in [7, 11) is 0. The molecular formula is C15H25NO2. The molecule has 0 aromatic heterocycles. The van der Waals surface area contributed by atoms with E-state index in [0.717, 1.165) is 13.0 Å². The Morgan fingerprint density at radius 3 is 2.33 bits per heavy atom. The first kappa shape index (κ1) is 12.5. The Morgan fingerprint density at radius 2 is 1.67 bits per heavy atom. The van der Waals surface area contributed by atoms with Crippen molar-refractivity contribution in [1.82, 2.24) is 4.90 Å². The van der Waals surface area contributed by atoms with Crippen molar-refractivity contribution in [2.45, 2.75) is 69.9 Å². The Hall–Kier alpha value is -0.570. The molecule has 0 bridgehead atoms. The number of hydrogen-bond acceptors (Lipinski definition) is 2. The molecule has 2 aliphatic carbocycles. The van der Waals surface area contributed by atoms with E-state index in [2.05, 4.69) is 4.90 Å². The molecule has 3 rings (SSSR count). The number of carboxylic acids is 1. The van der Waals surface area contributed by atoms with Crippen LogP contribution >= 0.6 is 0 Å². The fourth-order valence-corrected chi connectivity index (χ4v) is 4.63. The SMILES string of the molecule is O=C(O)C1C2CCCC2CN1C1CCCCCC1. The third-order valence-corrected chi connectivity index (χ3v) is 5.47. The third-order valence-electron chi connectivity index (χ3n) is 5.47. The van der Waals surface area contributed by atoms with Gasteiger partial charge in [-0.2, -0.15) is 0 Å². The van der Waals surface area contributed by atoms with Crippen LogP contribution in [0.5, 0.6) is 0 Å². The molecule has 1 aliphatic heterocycles. The number of likely N-dealkylation sites (tertiary alicyclic amines) is 1. The van der Waals surface area contributed by atoms with Crippen LogP contribution in [-0.2, 0) is 4.79 Å². The first-order chi connectivity index (χ1) is 8.77. The van der Waals surface area contributed by atoms with Gasteiger partial charge in [-0.15, -0.1) is 0 Å². The lowest BCUT2D eigenvalue weighted by Crippen LogP contribution is -2.45. The molecule has 3 nitrogen and oxygen atoms in total. The van der Waals surface area contributed by atoms with Gasteiger partial charge in [-0.25, -0.2) is 0 Å². The van der Waals surface area contributed by atoms with Gasteiger partial charge in [0, 0.05) is 12.6 Å². The first-order valence-corrected chi connectivity index (χ1v) is 7.76. The quantitative estimate of drug-likeness (QED) is 0.767. The van der Waals surface area contributed by atoms with Gasteiger partial charge in [0.2, 0.25) is 0 Å². The minimum Gasteiger partial charge on any atom is -0.480 e. The number of aliphatic carboxylic acids is 1. The highest BCUT2D eigenvalue weighted by atomic mass is 16.4. The van der Waals surface area contributed by atoms with Gasteiger partial charge in [0.1, 0.15) is 6.04 Å². The van der Waals surface area contributed by atoms with Crippen molar-refractivity contribution < 1.29 is 9.90 Å². The lowest BCUT2D eigenvalue weighted by molar-refractivity contribution is -0.144. The molecular weight excluding hydrogens is 226 g/mol. The molecule has 3 fully saturated rings. The molecule has 1 heterocycles. The fourth-order valence-electron chi connectivity index (χ4n) is 4.63. The second-order valence-electron chi connectivity index (χ2n) is 6.48. The number of rotatable bonds is 2. The summed E-state index contributed by atoms with van der Waals surface area (Å²) in [5, 5.41) is 9.59. The molecule has 102 valence electrons. The predicted molar refractivity (Wildman–Crippen MR) is 70.5 cm³/mol. The van der Waals surface area contributed by atoms with Crippen LogP contribution in [-0.4, -0.2) is 34.6 Å². The van der Waals surface area contributed by atoms with Crippen LogP contribution in [0.4, 0.5) is 0 Å². The maximum Gasteiger partial charge on any atom is 0.321 e. The third kappa shape index (κ3) is 2.18. The van der Waals surface area contributed by atoms with Crippen molar-refractivity contribution >= 4 is 5.97 Å². The van der Waals surface area contributed by atoms with Gasteiger partial charge >= 0.3 is 5.97 Å². The minimum atomic E-state index is -0.561. The average Bonchev–Trinajstić information content (AvgIpc) is 2.79. The average molecular weight is 251 g/mol. The van der Waals surface area contributed by atoms with Gasteiger partial charge in [-0.3, -0.25) is 9.69 Å². The Morgan fingerprint density at radius 1 is 0.944 bits per heavy atom. The summed E-state index contributed by atoms with van der Waals surface area (Å²) in [5.41, 5.74) is 0. The Bertz CT molecular complexity index is 310. The number of fused-ring (bicyclic) bond motifs is 1. The van der Waals surface area contributed by atoms with Gasteiger partial charge in [-0.05, 0) is 37.5 Å².